The summed E-state index contributed by atoms with van der Waals surface area (Å²) in [6.07, 6.45) is -1.56. The summed E-state index contributed by atoms with van der Waals surface area (Å²) in [7, 11) is 0. The molecule has 2 aromatic carbocycles. The highest BCUT2D eigenvalue weighted by Gasteiger charge is 2.31. The van der Waals surface area contributed by atoms with Crippen LogP contribution in [0.1, 0.15) is 33.9 Å². The standard InChI is InChI=1S/C26H24F3N3O4/c27-26(28,29)36-18-8-6-17(7-9-18)30-24(33)21-4-2-12-32(25(21)34)23-11-10-20-19(23)3-1-5-22(20)31-13-15-35-16-14-31/h1-9,12,23H,10-11,13-16H2,(H,30,33). The van der Waals surface area contributed by atoms with Gasteiger partial charge in [-0.15, -0.1) is 13.2 Å². The average Bonchev–Trinajstić information content (AvgIpc) is 3.29. The van der Waals surface area contributed by atoms with Crippen LogP contribution in [0, 0.1) is 0 Å². The van der Waals surface area contributed by atoms with Crippen molar-refractivity contribution in [1.82, 2.24) is 4.57 Å². The van der Waals surface area contributed by atoms with Crippen LogP contribution >= 0.6 is 0 Å². The maximum atomic E-state index is 13.3. The Kier molecular flexibility index (Phi) is 6.44. The Morgan fingerprint density at radius 3 is 2.50 bits per heavy atom. The van der Waals surface area contributed by atoms with Crippen LogP contribution < -0.4 is 20.5 Å². The van der Waals surface area contributed by atoms with E-state index < -0.39 is 23.6 Å². The minimum absolute atomic E-state index is 0.0501. The summed E-state index contributed by atoms with van der Waals surface area (Å²) in [5.41, 5.74) is 3.21. The third-order valence-electron chi connectivity index (χ3n) is 6.47. The van der Waals surface area contributed by atoms with E-state index in [1.54, 1.807) is 16.8 Å². The Morgan fingerprint density at radius 1 is 1.03 bits per heavy atom. The number of anilines is 2. The van der Waals surface area contributed by atoms with Crippen LogP contribution in [0.25, 0.3) is 0 Å². The number of amides is 1. The molecular weight excluding hydrogens is 475 g/mol. The summed E-state index contributed by atoms with van der Waals surface area (Å²) in [6, 6.07) is 13.8. The van der Waals surface area contributed by atoms with Crippen LogP contribution in [0.2, 0.25) is 0 Å². The lowest BCUT2D eigenvalue weighted by atomic mass is 10.0. The third kappa shape index (κ3) is 4.94. The van der Waals surface area contributed by atoms with E-state index in [1.165, 1.54) is 23.8 Å². The first kappa shape index (κ1) is 23.9. The van der Waals surface area contributed by atoms with Gasteiger partial charge >= 0.3 is 6.36 Å². The van der Waals surface area contributed by atoms with Crippen molar-refractivity contribution in [2.45, 2.75) is 25.2 Å². The van der Waals surface area contributed by atoms with Crippen molar-refractivity contribution in [2.75, 3.05) is 36.5 Å². The van der Waals surface area contributed by atoms with Gasteiger partial charge in [0.15, 0.2) is 0 Å². The van der Waals surface area contributed by atoms with E-state index in [0.717, 1.165) is 49.3 Å². The van der Waals surface area contributed by atoms with E-state index in [-0.39, 0.29) is 17.3 Å². The SMILES string of the molecule is O=C(Nc1ccc(OC(F)(F)F)cc1)c1cccn(C2CCc3c2cccc3N2CCOCC2)c1=O. The molecule has 1 fully saturated rings. The van der Waals surface area contributed by atoms with Crippen LogP contribution in [-0.4, -0.2) is 43.1 Å². The summed E-state index contributed by atoms with van der Waals surface area (Å²) < 4.78 is 48.0. The zero-order chi connectivity index (χ0) is 25.3. The van der Waals surface area contributed by atoms with Crippen molar-refractivity contribution in [3.8, 4) is 5.75 Å². The summed E-state index contributed by atoms with van der Waals surface area (Å²) in [6.45, 7) is 3.00. The van der Waals surface area contributed by atoms with Gasteiger partial charge in [0.05, 0.1) is 19.3 Å². The average molecular weight is 499 g/mol. The predicted octanol–water partition coefficient (Wildman–Crippen LogP) is 4.37. The van der Waals surface area contributed by atoms with Crippen molar-refractivity contribution < 1.29 is 27.4 Å². The lowest BCUT2D eigenvalue weighted by Crippen LogP contribution is -2.36. The van der Waals surface area contributed by atoms with Crippen molar-refractivity contribution in [3.63, 3.8) is 0 Å². The molecule has 10 heteroatoms. The van der Waals surface area contributed by atoms with Crippen LogP contribution in [0.3, 0.4) is 0 Å². The number of fused-ring (bicyclic) bond motifs is 1. The third-order valence-corrected chi connectivity index (χ3v) is 6.47. The highest BCUT2D eigenvalue weighted by molar-refractivity contribution is 6.04. The minimum atomic E-state index is -4.80. The molecule has 1 aliphatic heterocycles. The molecule has 188 valence electrons. The second-order valence-electron chi connectivity index (χ2n) is 8.66. The molecule has 36 heavy (non-hydrogen) atoms. The number of ether oxygens (including phenoxy) is 2. The first-order valence-corrected chi connectivity index (χ1v) is 11.6. The lowest BCUT2D eigenvalue weighted by molar-refractivity contribution is -0.274. The van der Waals surface area contributed by atoms with Gasteiger partial charge in [-0.2, -0.15) is 0 Å². The summed E-state index contributed by atoms with van der Waals surface area (Å²) in [5, 5.41) is 2.57. The molecular formula is C26H24F3N3O4. The first-order valence-electron chi connectivity index (χ1n) is 11.6. The van der Waals surface area contributed by atoms with Gasteiger partial charge in [0, 0.05) is 30.7 Å². The highest BCUT2D eigenvalue weighted by atomic mass is 19.4. The molecule has 5 rings (SSSR count). The summed E-state index contributed by atoms with van der Waals surface area (Å²) in [5.74, 6) is -1.04. The van der Waals surface area contributed by atoms with Crippen LogP contribution in [0.4, 0.5) is 24.5 Å². The van der Waals surface area contributed by atoms with E-state index in [4.69, 9.17) is 4.74 Å². The number of benzene rings is 2. The van der Waals surface area contributed by atoms with Crippen molar-refractivity contribution >= 4 is 17.3 Å². The van der Waals surface area contributed by atoms with E-state index in [0.29, 0.717) is 13.2 Å². The normalized spacial score (nSPS) is 17.5. The van der Waals surface area contributed by atoms with E-state index >= 15 is 0 Å². The molecule has 2 heterocycles. The maximum absolute atomic E-state index is 13.3. The Labute approximate surface area is 205 Å². The molecule has 0 radical (unpaired) electrons. The number of rotatable bonds is 5. The quantitative estimate of drug-likeness (QED) is 0.565. The number of nitrogens with zero attached hydrogens (tertiary/aromatic N) is 2. The molecule has 1 saturated heterocycles. The Bertz CT molecular complexity index is 1320. The number of aromatic nitrogens is 1. The van der Waals surface area contributed by atoms with Crippen molar-refractivity contribution in [3.05, 3.63) is 87.8 Å². The number of morpholine rings is 1. The Hall–Kier alpha value is -3.79. The lowest BCUT2D eigenvalue weighted by Gasteiger charge is -2.30. The van der Waals surface area contributed by atoms with Gasteiger partial charge in [-0.25, -0.2) is 0 Å². The van der Waals surface area contributed by atoms with E-state index in [2.05, 4.69) is 21.0 Å². The fourth-order valence-electron chi connectivity index (χ4n) is 4.87. The van der Waals surface area contributed by atoms with Gasteiger partial charge in [-0.1, -0.05) is 12.1 Å². The number of alkyl halides is 3. The van der Waals surface area contributed by atoms with Crippen LogP contribution in [-0.2, 0) is 11.2 Å². The molecule has 0 spiro atoms. The van der Waals surface area contributed by atoms with Crippen LogP contribution in [0.15, 0.2) is 65.6 Å². The fraction of sp³-hybridized carbons (Fsp3) is 0.308. The number of pyridine rings is 1. The van der Waals surface area contributed by atoms with E-state index in [1.807, 2.05) is 12.1 Å². The monoisotopic (exact) mass is 499 g/mol. The van der Waals surface area contributed by atoms with E-state index in [9.17, 15) is 22.8 Å². The maximum Gasteiger partial charge on any atom is 0.573 e. The molecule has 0 bridgehead atoms. The molecule has 1 amide bonds. The van der Waals surface area contributed by atoms with Gasteiger partial charge in [-0.05, 0) is 66.4 Å². The van der Waals surface area contributed by atoms with Crippen molar-refractivity contribution in [2.24, 2.45) is 0 Å². The highest BCUT2D eigenvalue weighted by Crippen LogP contribution is 2.39. The summed E-state index contributed by atoms with van der Waals surface area (Å²) >= 11 is 0. The fourth-order valence-corrected chi connectivity index (χ4v) is 4.87. The largest absolute Gasteiger partial charge is 0.573 e. The zero-order valence-electron chi connectivity index (χ0n) is 19.3. The molecule has 1 unspecified atom stereocenters. The number of carbonyl (C=O) groups excluding carboxylic acids is 1. The van der Waals surface area contributed by atoms with Gasteiger partial charge in [-0.3, -0.25) is 9.59 Å². The molecule has 3 aromatic rings. The number of carbonyl (C=O) groups is 1. The van der Waals surface area contributed by atoms with Crippen molar-refractivity contribution in [1.29, 1.82) is 0 Å². The number of hydrogen-bond acceptors (Lipinski definition) is 5. The second-order valence-corrected chi connectivity index (χ2v) is 8.66. The topological polar surface area (TPSA) is 72.8 Å². The Balaban J connectivity index is 1.37. The first-order chi connectivity index (χ1) is 17.3. The second kappa shape index (κ2) is 9.69. The van der Waals surface area contributed by atoms with Gasteiger partial charge in [0.1, 0.15) is 11.3 Å². The predicted molar refractivity (Wildman–Crippen MR) is 128 cm³/mol. The molecule has 2 aliphatic rings. The Morgan fingerprint density at radius 2 is 1.78 bits per heavy atom. The molecule has 1 aliphatic carbocycles. The summed E-state index contributed by atoms with van der Waals surface area (Å²) in [4.78, 5) is 28.5. The minimum Gasteiger partial charge on any atom is -0.406 e. The molecule has 7 nitrogen and oxygen atoms in total. The smallest absolute Gasteiger partial charge is 0.406 e. The number of halogens is 3. The number of nitrogens with one attached hydrogen (secondary N) is 1. The zero-order valence-corrected chi connectivity index (χ0v) is 19.3. The van der Waals surface area contributed by atoms with Gasteiger partial charge in [0.2, 0.25) is 0 Å². The molecule has 1 aromatic heterocycles. The molecule has 1 N–H and O–H groups in total. The van der Waals surface area contributed by atoms with Gasteiger partial charge in [0.25, 0.3) is 11.5 Å². The molecule has 1 atom stereocenters. The number of hydrogen-bond donors (Lipinski definition) is 1. The van der Waals surface area contributed by atoms with Gasteiger partial charge < -0.3 is 24.3 Å². The molecule has 0 saturated carbocycles. The van der Waals surface area contributed by atoms with Crippen LogP contribution in [0.5, 0.6) is 5.75 Å².